The van der Waals surface area contributed by atoms with Gasteiger partial charge < -0.3 is 18.9 Å². The van der Waals surface area contributed by atoms with Crippen molar-refractivity contribution < 1.29 is 28.5 Å². The van der Waals surface area contributed by atoms with Gasteiger partial charge in [0, 0.05) is 18.4 Å². The van der Waals surface area contributed by atoms with E-state index in [9.17, 15) is 9.59 Å². The Bertz CT molecular complexity index is 730. The van der Waals surface area contributed by atoms with Gasteiger partial charge in [0.1, 0.15) is 12.2 Å². The van der Waals surface area contributed by atoms with Crippen molar-refractivity contribution in [1.29, 1.82) is 0 Å². The van der Waals surface area contributed by atoms with Gasteiger partial charge in [0.25, 0.3) is 0 Å². The number of methoxy groups -OCH3 is 1. The van der Waals surface area contributed by atoms with Crippen LogP contribution in [0.25, 0.3) is 0 Å². The Labute approximate surface area is 172 Å². The Morgan fingerprint density at radius 3 is 2.62 bits per heavy atom. The van der Waals surface area contributed by atoms with E-state index >= 15 is 0 Å². The van der Waals surface area contributed by atoms with Crippen LogP contribution in [-0.2, 0) is 28.5 Å². The Hall–Kier alpha value is -2.88. The summed E-state index contributed by atoms with van der Waals surface area (Å²) in [7, 11) is 1.31. The maximum absolute atomic E-state index is 12.1. The van der Waals surface area contributed by atoms with Crippen molar-refractivity contribution in [2.75, 3.05) is 13.7 Å². The Morgan fingerprint density at radius 2 is 1.97 bits per heavy atom. The average molecular weight is 400 g/mol. The van der Waals surface area contributed by atoms with Crippen LogP contribution in [0.15, 0.2) is 61.3 Å². The number of hydrogen-bond donors (Lipinski definition) is 0. The minimum Gasteiger partial charge on any atom is -0.466 e. The third kappa shape index (κ3) is 10.9. The first-order valence-electron chi connectivity index (χ1n) is 9.26. The fraction of sp³-hybridized carbons (Fsp3) is 0.391. The highest BCUT2D eigenvalue weighted by Gasteiger charge is 2.38. The number of rotatable bonds is 9. The predicted octanol–water partition coefficient (Wildman–Crippen LogP) is 3.42. The fourth-order valence-electron chi connectivity index (χ4n) is 2.25. The van der Waals surface area contributed by atoms with E-state index in [2.05, 4.69) is 23.2 Å². The van der Waals surface area contributed by atoms with Gasteiger partial charge in [-0.05, 0) is 26.3 Å². The van der Waals surface area contributed by atoms with Crippen molar-refractivity contribution in [3.63, 3.8) is 0 Å². The monoisotopic (exact) mass is 400 g/mol. The smallest absolute Gasteiger partial charge is 0.385 e. The highest BCUT2D eigenvalue weighted by molar-refractivity contribution is 5.88. The minimum atomic E-state index is -0.733. The van der Waals surface area contributed by atoms with Crippen LogP contribution in [0.3, 0.4) is 0 Å². The molecule has 0 amide bonds. The summed E-state index contributed by atoms with van der Waals surface area (Å²) in [6, 6.07) is 0. The Morgan fingerprint density at radius 1 is 1.24 bits per heavy atom. The maximum atomic E-state index is 12.1. The maximum Gasteiger partial charge on any atom is 0.385 e. The van der Waals surface area contributed by atoms with E-state index in [1.807, 2.05) is 12.2 Å². The number of allylic oxidation sites excluding steroid dienone is 7. The normalized spacial score (nSPS) is 19.5. The van der Waals surface area contributed by atoms with Crippen LogP contribution in [0.2, 0.25) is 0 Å². The summed E-state index contributed by atoms with van der Waals surface area (Å²) in [6.07, 6.45) is 15.3. The van der Waals surface area contributed by atoms with Gasteiger partial charge in [-0.15, -0.1) is 0 Å². The summed E-state index contributed by atoms with van der Waals surface area (Å²) in [5.74, 6) is 3.36. The van der Waals surface area contributed by atoms with Gasteiger partial charge in [0.2, 0.25) is 0 Å². The molecule has 1 fully saturated rings. The van der Waals surface area contributed by atoms with Crippen LogP contribution < -0.4 is 0 Å². The number of carbonyl (C=O) groups is 2. The van der Waals surface area contributed by atoms with Gasteiger partial charge in [0.15, 0.2) is 5.79 Å². The summed E-state index contributed by atoms with van der Waals surface area (Å²) in [4.78, 5) is 23.0. The lowest BCUT2D eigenvalue weighted by Gasteiger charge is -2.21. The molecule has 0 spiro atoms. The molecule has 0 saturated carbocycles. The summed E-state index contributed by atoms with van der Waals surface area (Å²) in [6.45, 7) is 7.51. The molecule has 1 rings (SSSR count). The molecule has 1 aliphatic heterocycles. The third-order valence-electron chi connectivity index (χ3n) is 3.60. The average Bonchev–Trinajstić information content (AvgIpc) is 3.05. The van der Waals surface area contributed by atoms with Gasteiger partial charge in [-0.1, -0.05) is 55.0 Å². The van der Waals surface area contributed by atoms with Crippen molar-refractivity contribution >= 4 is 11.9 Å². The Balaban J connectivity index is 2.64. The zero-order valence-electron chi connectivity index (χ0n) is 17.1. The lowest BCUT2D eigenvalue weighted by molar-refractivity contribution is -0.161. The second-order valence-electron chi connectivity index (χ2n) is 6.39. The molecule has 0 bridgehead atoms. The van der Waals surface area contributed by atoms with Crippen LogP contribution in [-0.4, -0.2) is 43.7 Å². The van der Waals surface area contributed by atoms with Gasteiger partial charge in [-0.2, -0.15) is 0 Å². The van der Waals surface area contributed by atoms with E-state index in [1.165, 1.54) is 13.2 Å². The van der Waals surface area contributed by atoms with Crippen molar-refractivity contribution in [2.24, 2.45) is 0 Å². The molecule has 0 aromatic heterocycles. The summed E-state index contributed by atoms with van der Waals surface area (Å²) in [5.41, 5.74) is 0. The topological polar surface area (TPSA) is 71.1 Å². The van der Waals surface area contributed by atoms with E-state index in [0.717, 1.165) is 0 Å². The zero-order chi connectivity index (χ0) is 21.5. The number of ether oxygens (including phenoxy) is 4. The van der Waals surface area contributed by atoms with E-state index in [4.69, 9.17) is 14.2 Å². The first-order valence-corrected chi connectivity index (χ1v) is 9.26. The van der Waals surface area contributed by atoms with Crippen molar-refractivity contribution in [2.45, 2.75) is 44.7 Å². The predicted molar refractivity (Wildman–Crippen MR) is 111 cm³/mol. The summed E-state index contributed by atoms with van der Waals surface area (Å²) in [5, 5.41) is 0. The number of carbonyl (C=O) groups excluding carboxylic acids is 2. The van der Waals surface area contributed by atoms with Gasteiger partial charge in [-0.3, -0.25) is 0 Å². The van der Waals surface area contributed by atoms with Crippen LogP contribution in [0.4, 0.5) is 0 Å². The lowest BCUT2D eigenvalue weighted by Crippen LogP contribution is -2.33. The molecule has 1 heterocycles. The molecule has 0 aromatic rings. The minimum absolute atomic E-state index is 0.307. The zero-order valence-corrected chi connectivity index (χ0v) is 17.1. The van der Waals surface area contributed by atoms with Gasteiger partial charge in [-0.25, -0.2) is 9.59 Å². The molecular weight excluding hydrogens is 372 g/mol. The standard InChI is InChI=1S/C23H28O6/c1-5-6-7-8-9-12-15-19(20-18-27-23(2,3)29-20)28-22(25)17-14-11-10-13-16-21(24)26-4/h5-9,12-13,15-16,19-20H,1,10-11,18H2,2-4H3/b7-6+,9-8+,15-12+,16-13+/t19-,20+/m0/s1. The molecule has 2 atom stereocenters. The van der Waals surface area contributed by atoms with Crippen LogP contribution in [0.1, 0.15) is 26.7 Å². The van der Waals surface area contributed by atoms with Gasteiger partial charge >= 0.3 is 11.9 Å². The highest BCUT2D eigenvalue weighted by Crippen LogP contribution is 2.26. The van der Waals surface area contributed by atoms with Crippen molar-refractivity contribution in [1.82, 2.24) is 0 Å². The second-order valence-corrected chi connectivity index (χ2v) is 6.39. The molecule has 6 nitrogen and oxygen atoms in total. The molecular formula is C23H28O6. The molecule has 156 valence electrons. The summed E-state index contributed by atoms with van der Waals surface area (Å²) >= 11 is 0. The van der Waals surface area contributed by atoms with Crippen LogP contribution in [0, 0.1) is 11.8 Å². The molecule has 0 N–H and O–H groups in total. The summed E-state index contributed by atoms with van der Waals surface area (Å²) < 4.78 is 21.3. The van der Waals surface area contributed by atoms with Gasteiger partial charge in [0.05, 0.1) is 13.7 Å². The van der Waals surface area contributed by atoms with Crippen LogP contribution in [0.5, 0.6) is 0 Å². The van der Waals surface area contributed by atoms with Crippen molar-refractivity contribution in [3.8, 4) is 11.8 Å². The van der Waals surface area contributed by atoms with E-state index in [1.54, 1.807) is 50.3 Å². The number of unbranched alkanes of at least 4 members (excludes halogenated alkanes) is 1. The lowest BCUT2D eigenvalue weighted by atomic mass is 10.2. The van der Waals surface area contributed by atoms with E-state index < -0.39 is 29.9 Å². The van der Waals surface area contributed by atoms with E-state index in [0.29, 0.717) is 19.4 Å². The first kappa shape index (κ1) is 24.2. The highest BCUT2D eigenvalue weighted by atomic mass is 16.7. The van der Waals surface area contributed by atoms with E-state index in [-0.39, 0.29) is 0 Å². The SMILES string of the molecule is C=C/C=C/C=C/C=C/[C@H](OC(=O)C#CCC/C=C/C(=O)OC)[C@H]1COC(C)(C)O1. The number of hydrogen-bond acceptors (Lipinski definition) is 6. The van der Waals surface area contributed by atoms with Crippen molar-refractivity contribution in [3.05, 3.63) is 61.3 Å². The Kier molecular flexibility index (Phi) is 11.1. The molecule has 1 saturated heterocycles. The molecule has 1 aliphatic rings. The first-order chi connectivity index (χ1) is 13.9. The molecule has 6 heteroatoms. The molecule has 29 heavy (non-hydrogen) atoms. The third-order valence-corrected chi connectivity index (χ3v) is 3.60. The molecule has 0 aliphatic carbocycles. The quantitative estimate of drug-likeness (QED) is 0.148. The van der Waals surface area contributed by atoms with Crippen LogP contribution >= 0.6 is 0 Å². The fourth-order valence-corrected chi connectivity index (χ4v) is 2.25. The second kappa shape index (κ2) is 13.3. The molecule has 0 aromatic carbocycles. The molecule has 0 radical (unpaired) electrons. The number of esters is 2. The molecule has 0 unspecified atom stereocenters. The largest absolute Gasteiger partial charge is 0.466 e.